The van der Waals surface area contributed by atoms with Gasteiger partial charge in [0.15, 0.2) is 0 Å². The molecule has 0 bridgehead atoms. The quantitative estimate of drug-likeness (QED) is 0.749. The number of aliphatic carboxylic acids is 1. The van der Waals surface area contributed by atoms with Gasteiger partial charge in [-0.15, -0.1) is 11.8 Å². The third kappa shape index (κ3) is 2.82. The molecule has 24 heavy (non-hydrogen) atoms. The zero-order valence-electron chi connectivity index (χ0n) is 12.7. The summed E-state index contributed by atoms with van der Waals surface area (Å²) in [5, 5.41) is 13.6. The van der Waals surface area contributed by atoms with Crippen LogP contribution in [0, 0.1) is 0 Å². The molecule has 6 nitrogen and oxygen atoms in total. The lowest BCUT2D eigenvalue weighted by Gasteiger charge is -2.50. The van der Waals surface area contributed by atoms with E-state index >= 15 is 0 Å². The van der Waals surface area contributed by atoms with Gasteiger partial charge in [-0.05, 0) is 11.1 Å². The Morgan fingerprint density at radius 1 is 1.38 bits per heavy atom. The average Bonchev–Trinajstić information content (AvgIpc) is 2.58. The van der Waals surface area contributed by atoms with Crippen molar-refractivity contribution in [2.75, 3.05) is 5.75 Å². The number of thioether (sulfide) groups is 1. The Hall–Kier alpha value is -2.54. The number of allylic oxidation sites excluding steroid dienone is 1. The molecule has 0 unspecified atom stereocenters. The van der Waals surface area contributed by atoms with Gasteiger partial charge in [0, 0.05) is 5.75 Å². The lowest BCUT2D eigenvalue weighted by atomic mass is 10.0. The van der Waals surface area contributed by atoms with Gasteiger partial charge in [-0.3, -0.25) is 14.5 Å². The van der Waals surface area contributed by atoms with Gasteiger partial charge < -0.3 is 15.2 Å². The minimum atomic E-state index is -1.40. The van der Waals surface area contributed by atoms with Crippen molar-refractivity contribution >= 4 is 29.5 Å². The van der Waals surface area contributed by atoms with E-state index in [1.165, 1.54) is 22.7 Å². The second-order valence-electron chi connectivity index (χ2n) is 5.48. The van der Waals surface area contributed by atoms with Crippen LogP contribution >= 0.6 is 11.8 Å². The van der Waals surface area contributed by atoms with Crippen LogP contribution in [0.1, 0.15) is 5.56 Å². The molecular weight excluding hydrogens is 328 g/mol. The molecule has 0 spiro atoms. The summed E-state index contributed by atoms with van der Waals surface area (Å²) < 4.78 is 0. The lowest BCUT2D eigenvalue weighted by molar-refractivity contribution is -0.301. The van der Waals surface area contributed by atoms with E-state index in [0.29, 0.717) is 11.3 Å². The number of β-lactam (4-membered cyclic amide) rings is 1. The first-order valence-corrected chi connectivity index (χ1v) is 8.42. The molecule has 2 amide bonds. The molecule has 1 aromatic rings. The van der Waals surface area contributed by atoms with Crippen LogP contribution in [0.3, 0.4) is 0 Å². The second-order valence-corrected chi connectivity index (χ2v) is 6.59. The highest BCUT2D eigenvalue weighted by molar-refractivity contribution is 8.00. The normalized spacial score (nSPS) is 22.5. The molecule has 2 aliphatic heterocycles. The minimum Gasteiger partial charge on any atom is -0.543 e. The smallest absolute Gasteiger partial charge is 0.253 e. The standard InChI is InChI=1S/C17H16N2O4S/c1-2-11-9-24-16-13(15(21)19(16)14(11)17(22)23)18-12(20)8-10-6-4-3-5-7-10/h2-7,13,16H,1,8-9H2,(H,18,20)(H,22,23)/p-1/t13-,16-/m1/s1. The van der Waals surface area contributed by atoms with Gasteiger partial charge >= 0.3 is 0 Å². The number of rotatable bonds is 5. The monoisotopic (exact) mass is 343 g/mol. The predicted molar refractivity (Wildman–Crippen MR) is 87.4 cm³/mol. The highest BCUT2D eigenvalue weighted by Gasteiger charge is 2.52. The molecule has 124 valence electrons. The van der Waals surface area contributed by atoms with Crippen LogP contribution < -0.4 is 10.4 Å². The Morgan fingerprint density at radius 3 is 2.71 bits per heavy atom. The summed E-state index contributed by atoms with van der Waals surface area (Å²) in [5.41, 5.74) is 1.16. The first kappa shape index (κ1) is 16.3. The third-order valence-electron chi connectivity index (χ3n) is 3.96. The van der Waals surface area contributed by atoms with Crippen LogP contribution in [0.4, 0.5) is 0 Å². The fourth-order valence-corrected chi connectivity index (χ4v) is 4.13. The maximum absolute atomic E-state index is 12.3. The molecule has 0 aromatic heterocycles. The minimum absolute atomic E-state index is 0.146. The van der Waals surface area contributed by atoms with Gasteiger partial charge in [0.25, 0.3) is 5.91 Å². The topological polar surface area (TPSA) is 89.5 Å². The highest BCUT2D eigenvalue weighted by Crippen LogP contribution is 2.40. The van der Waals surface area contributed by atoms with Crippen molar-refractivity contribution in [1.29, 1.82) is 0 Å². The number of carboxylic acid groups (broad SMARTS) is 1. The van der Waals surface area contributed by atoms with Crippen LogP contribution in [0.15, 0.2) is 54.3 Å². The molecule has 2 aliphatic rings. The predicted octanol–water partition coefficient (Wildman–Crippen LogP) is -0.181. The fraction of sp³-hybridized carbons (Fsp3) is 0.235. The summed E-state index contributed by atoms with van der Waals surface area (Å²) in [6.07, 6.45) is 1.59. The van der Waals surface area contributed by atoms with Gasteiger partial charge in [-0.25, -0.2) is 0 Å². The van der Waals surface area contributed by atoms with Gasteiger partial charge in [-0.2, -0.15) is 0 Å². The maximum Gasteiger partial charge on any atom is 0.253 e. The third-order valence-corrected chi connectivity index (χ3v) is 5.26. The van der Waals surface area contributed by atoms with Crippen LogP contribution in [0.25, 0.3) is 0 Å². The Balaban J connectivity index is 1.70. The zero-order chi connectivity index (χ0) is 17.3. The number of carbonyl (C=O) groups excluding carboxylic acids is 3. The molecule has 0 radical (unpaired) electrons. The van der Waals surface area contributed by atoms with Crippen molar-refractivity contribution in [3.8, 4) is 0 Å². The summed E-state index contributed by atoms with van der Waals surface area (Å²) in [4.78, 5) is 36.9. The van der Waals surface area contributed by atoms with E-state index in [1.54, 1.807) is 0 Å². The number of carbonyl (C=O) groups is 3. The first-order valence-electron chi connectivity index (χ1n) is 7.38. The highest BCUT2D eigenvalue weighted by atomic mass is 32.2. The average molecular weight is 343 g/mol. The summed E-state index contributed by atoms with van der Waals surface area (Å²) in [5.74, 6) is -1.70. The first-order chi connectivity index (χ1) is 11.5. The van der Waals surface area contributed by atoms with E-state index in [0.717, 1.165) is 5.56 Å². The largest absolute Gasteiger partial charge is 0.543 e. The second kappa shape index (κ2) is 6.52. The number of hydrogen-bond acceptors (Lipinski definition) is 5. The molecule has 1 fully saturated rings. The summed E-state index contributed by atoms with van der Waals surface area (Å²) in [6.45, 7) is 3.57. The molecule has 2 atom stereocenters. The van der Waals surface area contributed by atoms with Crippen LogP contribution in [-0.4, -0.2) is 39.9 Å². The number of carboxylic acids is 1. The molecule has 1 aromatic carbocycles. The zero-order valence-corrected chi connectivity index (χ0v) is 13.5. The molecule has 2 heterocycles. The number of amides is 2. The molecule has 1 N–H and O–H groups in total. The Kier molecular flexibility index (Phi) is 4.44. The van der Waals surface area contributed by atoms with Gasteiger partial charge in [0.1, 0.15) is 11.4 Å². The van der Waals surface area contributed by atoms with Gasteiger partial charge in [0.2, 0.25) is 5.91 Å². The van der Waals surface area contributed by atoms with E-state index in [9.17, 15) is 19.5 Å². The van der Waals surface area contributed by atoms with Crippen molar-refractivity contribution < 1.29 is 19.5 Å². The van der Waals surface area contributed by atoms with Crippen molar-refractivity contribution in [3.63, 3.8) is 0 Å². The fourth-order valence-electron chi connectivity index (χ4n) is 2.79. The van der Waals surface area contributed by atoms with Crippen molar-refractivity contribution in [2.45, 2.75) is 17.8 Å². The number of nitrogens with one attached hydrogen (secondary N) is 1. The summed E-state index contributed by atoms with van der Waals surface area (Å²) >= 11 is 1.40. The number of nitrogens with zero attached hydrogens (tertiary/aromatic N) is 1. The Morgan fingerprint density at radius 2 is 2.08 bits per heavy atom. The molecule has 7 heteroatoms. The van der Waals surface area contributed by atoms with Gasteiger partial charge in [0.05, 0.1) is 18.1 Å². The Bertz CT molecular complexity index is 744. The van der Waals surface area contributed by atoms with Gasteiger partial charge in [-0.1, -0.05) is 43.0 Å². The van der Waals surface area contributed by atoms with Crippen molar-refractivity contribution in [3.05, 3.63) is 59.8 Å². The van der Waals surface area contributed by atoms with Crippen molar-refractivity contribution in [1.82, 2.24) is 10.2 Å². The maximum atomic E-state index is 12.3. The summed E-state index contributed by atoms with van der Waals surface area (Å²) in [6, 6.07) is 8.48. The molecule has 3 rings (SSSR count). The van der Waals surface area contributed by atoms with E-state index in [2.05, 4.69) is 11.9 Å². The van der Waals surface area contributed by atoms with Crippen LogP contribution in [0.2, 0.25) is 0 Å². The molecule has 0 aliphatic carbocycles. The Labute approximate surface area is 143 Å². The number of benzene rings is 1. The van der Waals surface area contributed by atoms with E-state index in [1.807, 2.05) is 30.3 Å². The van der Waals surface area contributed by atoms with Crippen molar-refractivity contribution in [2.24, 2.45) is 0 Å². The SMILES string of the molecule is C=CC1=C(C(=O)[O-])N2C(=O)[C@@H](NC(=O)Cc3ccccc3)[C@H]2SC1. The molecule has 0 saturated carbocycles. The van der Waals surface area contributed by atoms with E-state index < -0.39 is 23.3 Å². The van der Waals surface area contributed by atoms with E-state index in [4.69, 9.17) is 0 Å². The summed E-state index contributed by atoms with van der Waals surface area (Å²) in [7, 11) is 0. The molecule has 1 saturated heterocycles. The molecular formula is C17H15N2O4S-. The van der Waals surface area contributed by atoms with E-state index in [-0.39, 0.29) is 18.0 Å². The van der Waals surface area contributed by atoms with Crippen LogP contribution in [-0.2, 0) is 20.8 Å². The number of fused-ring (bicyclic) bond motifs is 1. The number of hydrogen-bond donors (Lipinski definition) is 1. The lowest BCUT2D eigenvalue weighted by Crippen LogP contribution is -2.71. The van der Waals surface area contributed by atoms with Crippen LogP contribution in [0.5, 0.6) is 0 Å².